The molecule has 2 saturated heterocycles. The number of amides is 3. The molecule has 2 fully saturated rings. The third-order valence-corrected chi connectivity index (χ3v) is 6.96. The normalized spacial score (nSPS) is 17.9. The number of aromatic nitrogens is 2. The lowest BCUT2D eigenvalue weighted by Crippen LogP contribution is -2.58. The number of piperazine rings is 2. The molecule has 2 aliphatic heterocycles. The molecule has 2 aromatic rings. The van der Waals surface area contributed by atoms with Gasteiger partial charge < -0.3 is 20.9 Å². The fourth-order valence-corrected chi connectivity index (χ4v) is 4.76. The number of nitrogens with zero attached hydrogens (tertiary/aromatic N) is 5. The van der Waals surface area contributed by atoms with E-state index in [1.165, 1.54) is 10.1 Å². The fraction of sp³-hybridized carbons (Fsp3) is 0.538. The molecule has 0 saturated carbocycles. The molecule has 0 radical (unpaired) electrons. The lowest BCUT2D eigenvalue weighted by Gasteiger charge is -2.37. The molecule has 11 heteroatoms. The average Bonchev–Trinajstić information content (AvgIpc) is 2.89. The van der Waals surface area contributed by atoms with Crippen LogP contribution in [0.3, 0.4) is 0 Å². The summed E-state index contributed by atoms with van der Waals surface area (Å²) in [5, 5.41) is 6.08. The average molecular weight is 511 g/mol. The number of anilines is 1. The summed E-state index contributed by atoms with van der Waals surface area (Å²) in [4.78, 5) is 47.5. The van der Waals surface area contributed by atoms with Crippen molar-refractivity contribution in [3.63, 3.8) is 0 Å². The quantitative estimate of drug-likeness (QED) is 0.516. The molecular weight excluding hydrogens is 472 g/mol. The van der Waals surface area contributed by atoms with Crippen LogP contribution in [-0.2, 0) is 11.2 Å². The minimum atomic E-state index is -0.942. The molecule has 11 nitrogen and oxygen atoms in total. The molecule has 3 heterocycles. The highest BCUT2D eigenvalue weighted by Gasteiger charge is 2.31. The third kappa shape index (κ3) is 6.73. The molecule has 1 aromatic carbocycles. The zero-order chi connectivity index (χ0) is 26.6. The van der Waals surface area contributed by atoms with Crippen molar-refractivity contribution in [2.75, 3.05) is 57.7 Å². The van der Waals surface area contributed by atoms with Crippen molar-refractivity contribution in [3.05, 3.63) is 52.6 Å². The van der Waals surface area contributed by atoms with Gasteiger partial charge >= 0.3 is 11.7 Å². The Morgan fingerprint density at radius 2 is 1.65 bits per heavy atom. The summed E-state index contributed by atoms with van der Waals surface area (Å²) in [6.45, 7) is 11.4. The number of hydrogen-bond donors (Lipinski definition) is 3. The van der Waals surface area contributed by atoms with Gasteiger partial charge in [-0.1, -0.05) is 12.1 Å². The van der Waals surface area contributed by atoms with Gasteiger partial charge in [0.25, 0.3) is 0 Å². The van der Waals surface area contributed by atoms with Gasteiger partial charge in [-0.3, -0.25) is 19.6 Å². The van der Waals surface area contributed by atoms with Crippen molar-refractivity contribution in [2.24, 2.45) is 5.73 Å². The number of nitrogens with one attached hydrogen (secondary N) is 2. The molecule has 2 aliphatic rings. The van der Waals surface area contributed by atoms with Crippen LogP contribution < -0.4 is 22.1 Å². The monoisotopic (exact) mass is 510 g/mol. The second-order valence-corrected chi connectivity index (χ2v) is 10.4. The van der Waals surface area contributed by atoms with Crippen molar-refractivity contribution >= 4 is 17.8 Å². The molecule has 0 aliphatic carbocycles. The van der Waals surface area contributed by atoms with Gasteiger partial charge in [-0.05, 0) is 51.0 Å². The van der Waals surface area contributed by atoms with E-state index in [9.17, 15) is 14.4 Å². The topological polar surface area (TPSA) is 129 Å². The van der Waals surface area contributed by atoms with E-state index in [1.54, 1.807) is 35.9 Å². The van der Waals surface area contributed by atoms with Gasteiger partial charge in [0.1, 0.15) is 5.82 Å². The number of hydrogen-bond acceptors (Lipinski definition) is 7. The lowest BCUT2D eigenvalue weighted by atomic mass is 10.0. The Kier molecular flexibility index (Phi) is 8.25. The van der Waals surface area contributed by atoms with Gasteiger partial charge in [-0.25, -0.2) is 9.59 Å². The largest absolute Gasteiger partial charge is 0.354 e. The number of rotatable bonds is 6. The molecule has 0 spiro atoms. The van der Waals surface area contributed by atoms with E-state index in [-0.39, 0.29) is 17.8 Å². The number of nitrogens with two attached hydrogens (primary N) is 1. The van der Waals surface area contributed by atoms with Gasteiger partial charge in [-0.2, -0.15) is 4.98 Å². The lowest BCUT2D eigenvalue weighted by molar-refractivity contribution is -0.137. The molecular formula is C26H38N8O3. The van der Waals surface area contributed by atoms with Crippen molar-refractivity contribution < 1.29 is 9.59 Å². The minimum Gasteiger partial charge on any atom is -0.338 e. The second-order valence-electron chi connectivity index (χ2n) is 10.4. The Morgan fingerprint density at radius 1 is 1.03 bits per heavy atom. The highest BCUT2D eigenvalue weighted by atomic mass is 16.2. The Bertz CT molecular complexity index is 1140. The summed E-state index contributed by atoms with van der Waals surface area (Å²) < 4.78 is 1.46. The maximum atomic E-state index is 12.7. The van der Waals surface area contributed by atoms with E-state index >= 15 is 0 Å². The molecule has 4 N–H and O–H groups in total. The van der Waals surface area contributed by atoms with Gasteiger partial charge in [0.2, 0.25) is 5.91 Å². The second kappa shape index (κ2) is 11.4. The number of urea groups is 1. The fourth-order valence-electron chi connectivity index (χ4n) is 4.76. The van der Waals surface area contributed by atoms with E-state index in [4.69, 9.17) is 5.73 Å². The van der Waals surface area contributed by atoms with Gasteiger partial charge in [0, 0.05) is 64.6 Å². The molecule has 1 unspecified atom stereocenters. The smallest absolute Gasteiger partial charge is 0.338 e. The highest BCUT2D eigenvalue weighted by Crippen LogP contribution is 2.14. The van der Waals surface area contributed by atoms with Crippen molar-refractivity contribution in [1.82, 2.24) is 29.6 Å². The van der Waals surface area contributed by atoms with Crippen molar-refractivity contribution in [1.29, 1.82) is 0 Å². The van der Waals surface area contributed by atoms with E-state index in [2.05, 4.69) is 27.4 Å². The molecule has 4 rings (SSSR count). The van der Waals surface area contributed by atoms with Crippen LogP contribution in [0, 0.1) is 0 Å². The van der Waals surface area contributed by atoms with Gasteiger partial charge in [-0.15, -0.1) is 0 Å². The first-order valence-electron chi connectivity index (χ1n) is 12.9. The highest BCUT2D eigenvalue weighted by molar-refractivity contribution is 5.89. The third-order valence-electron chi connectivity index (χ3n) is 6.96. The van der Waals surface area contributed by atoms with Crippen LogP contribution in [0.15, 0.2) is 41.3 Å². The summed E-state index contributed by atoms with van der Waals surface area (Å²) in [6, 6.07) is 9.65. The van der Waals surface area contributed by atoms with Crippen molar-refractivity contribution in [2.45, 2.75) is 38.8 Å². The Hall–Kier alpha value is -3.28. The predicted octanol–water partition coefficient (Wildman–Crippen LogP) is 0.482. The SMILES string of the molecule is CC(Cc1ccc(-n2ccc(NC(=O)N3CCN(C(=O)C(C)(C)N)CC3)nc2=O)cc1)N1CCNCC1. The van der Waals surface area contributed by atoms with Crippen LogP contribution in [0.1, 0.15) is 26.3 Å². The van der Waals surface area contributed by atoms with E-state index in [0.29, 0.717) is 32.2 Å². The molecule has 0 bridgehead atoms. The van der Waals surface area contributed by atoms with E-state index < -0.39 is 11.2 Å². The van der Waals surface area contributed by atoms with Crippen molar-refractivity contribution in [3.8, 4) is 5.69 Å². The Balaban J connectivity index is 1.32. The van der Waals surface area contributed by atoms with Gasteiger partial charge in [0.05, 0.1) is 11.2 Å². The Labute approximate surface area is 217 Å². The van der Waals surface area contributed by atoms with Crippen LogP contribution >= 0.6 is 0 Å². The molecule has 200 valence electrons. The summed E-state index contributed by atoms with van der Waals surface area (Å²) in [5.41, 5.74) is 6.43. The summed E-state index contributed by atoms with van der Waals surface area (Å²) in [5.74, 6) is 0.0502. The number of benzene rings is 1. The van der Waals surface area contributed by atoms with E-state index in [1.807, 2.05) is 24.3 Å². The predicted molar refractivity (Wildman–Crippen MR) is 143 cm³/mol. The summed E-state index contributed by atoms with van der Waals surface area (Å²) >= 11 is 0. The van der Waals surface area contributed by atoms with Crippen LogP contribution in [0.25, 0.3) is 5.69 Å². The standard InChI is InChI=1S/C26H38N8O3/c1-19(31-12-9-28-10-13-31)18-20-4-6-21(7-5-20)34-11-8-22(30-25(34)37)29-24(36)33-16-14-32(15-17-33)23(35)26(2,3)27/h4-8,11,19,28H,9-10,12-18,27H2,1-3H3,(H,29,30,36,37). The van der Waals surface area contributed by atoms with E-state index in [0.717, 1.165) is 38.3 Å². The molecule has 37 heavy (non-hydrogen) atoms. The summed E-state index contributed by atoms with van der Waals surface area (Å²) in [6.07, 6.45) is 2.56. The zero-order valence-electron chi connectivity index (χ0n) is 21.9. The number of carbonyl (C=O) groups is 2. The van der Waals surface area contributed by atoms with Crippen LogP contribution in [-0.4, -0.2) is 100 Å². The first-order chi connectivity index (χ1) is 17.6. The molecule has 1 atom stereocenters. The molecule has 1 aromatic heterocycles. The van der Waals surface area contributed by atoms with Gasteiger partial charge in [0.15, 0.2) is 0 Å². The maximum Gasteiger partial charge on any atom is 0.354 e. The first-order valence-corrected chi connectivity index (χ1v) is 12.9. The van der Waals surface area contributed by atoms with Crippen LogP contribution in [0.2, 0.25) is 0 Å². The molecule has 3 amide bonds. The summed E-state index contributed by atoms with van der Waals surface area (Å²) in [7, 11) is 0. The zero-order valence-corrected chi connectivity index (χ0v) is 21.9. The van der Waals surface area contributed by atoms with Crippen LogP contribution in [0.5, 0.6) is 0 Å². The Morgan fingerprint density at radius 3 is 2.24 bits per heavy atom. The first kappa shape index (κ1) is 26.8. The minimum absolute atomic E-state index is 0.139. The maximum absolute atomic E-state index is 12.7. The van der Waals surface area contributed by atoms with Crippen LogP contribution in [0.4, 0.5) is 10.6 Å². The number of carbonyl (C=O) groups excluding carboxylic acids is 2.